The lowest BCUT2D eigenvalue weighted by molar-refractivity contribution is -0.196. The van der Waals surface area contributed by atoms with Gasteiger partial charge in [0, 0.05) is 17.9 Å². The van der Waals surface area contributed by atoms with E-state index in [1.165, 1.54) is 25.7 Å². The van der Waals surface area contributed by atoms with Gasteiger partial charge in [-0.2, -0.15) is 0 Å². The molecule has 1 aliphatic heterocycles. The van der Waals surface area contributed by atoms with Crippen molar-refractivity contribution in [3.63, 3.8) is 0 Å². The van der Waals surface area contributed by atoms with Gasteiger partial charge in [-0.05, 0) is 19.3 Å². The Morgan fingerprint density at radius 2 is 2.00 bits per heavy atom. The van der Waals surface area contributed by atoms with Gasteiger partial charge in [0.25, 0.3) is 0 Å². The summed E-state index contributed by atoms with van der Waals surface area (Å²) in [7, 11) is 0. The van der Waals surface area contributed by atoms with Crippen LogP contribution in [0.15, 0.2) is 0 Å². The average molecular weight is 168 g/mol. The molecular formula is C10H16O2. The van der Waals surface area contributed by atoms with E-state index in [2.05, 4.69) is 0 Å². The second-order valence-corrected chi connectivity index (χ2v) is 4.63. The van der Waals surface area contributed by atoms with E-state index in [1.54, 1.807) is 0 Å². The van der Waals surface area contributed by atoms with Gasteiger partial charge in [-0.1, -0.05) is 12.8 Å². The van der Waals surface area contributed by atoms with Crippen molar-refractivity contribution in [3.8, 4) is 0 Å². The normalized spacial score (nSPS) is 49.2. The molecule has 3 unspecified atom stereocenters. The zero-order valence-electron chi connectivity index (χ0n) is 7.33. The lowest BCUT2D eigenvalue weighted by Gasteiger charge is -2.53. The molecule has 2 saturated carbocycles. The molecule has 3 aliphatic rings. The molecule has 12 heavy (non-hydrogen) atoms. The van der Waals surface area contributed by atoms with Crippen molar-refractivity contribution in [2.45, 2.75) is 44.3 Å². The van der Waals surface area contributed by atoms with E-state index >= 15 is 0 Å². The van der Waals surface area contributed by atoms with Crippen LogP contribution in [0.3, 0.4) is 0 Å². The zero-order valence-corrected chi connectivity index (χ0v) is 7.33. The molecule has 1 spiro atoms. The first-order chi connectivity index (χ1) is 5.84. The van der Waals surface area contributed by atoms with Gasteiger partial charge in [-0.25, -0.2) is 0 Å². The molecule has 3 fully saturated rings. The minimum Gasteiger partial charge on any atom is -0.392 e. The summed E-state index contributed by atoms with van der Waals surface area (Å²) in [5, 5.41) is 9.99. The van der Waals surface area contributed by atoms with E-state index in [-0.39, 0.29) is 11.5 Å². The molecule has 0 aromatic rings. The van der Waals surface area contributed by atoms with Crippen LogP contribution < -0.4 is 0 Å². The fourth-order valence-corrected chi connectivity index (χ4v) is 3.61. The van der Waals surface area contributed by atoms with Crippen molar-refractivity contribution in [1.29, 1.82) is 0 Å². The van der Waals surface area contributed by atoms with Crippen molar-refractivity contribution in [2.75, 3.05) is 6.61 Å². The van der Waals surface area contributed by atoms with Crippen molar-refractivity contribution in [2.24, 2.45) is 11.3 Å². The van der Waals surface area contributed by atoms with Gasteiger partial charge in [0.05, 0.1) is 12.2 Å². The van der Waals surface area contributed by atoms with Gasteiger partial charge in [0.1, 0.15) is 0 Å². The van der Waals surface area contributed by atoms with Gasteiger partial charge in [-0.3, -0.25) is 0 Å². The third-order valence-corrected chi connectivity index (χ3v) is 4.23. The molecule has 3 rings (SSSR count). The Bertz CT molecular complexity index is 196. The van der Waals surface area contributed by atoms with E-state index in [9.17, 15) is 5.11 Å². The molecule has 1 saturated heterocycles. The van der Waals surface area contributed by atoms with E-state index in [4.69, 9.17) is 4.74 Å². The summed E-state index contributed by atoms with van der Waals surface area (Å²) < 4.78 is 5.70. The highest BCUT2D eigenvalue weighted by atomic mass is 16.5. The maximum atomic E-state index is 9.99. The quantitative estimate of drug-likeness (QED) is 0.591. The van der Waals surface area contributed by atoms with Gasteiger partial charge in [-0.15, -0.1) is 0 Å². The standard InChI is InChI=1S/C10H16O2/c11-8-7-3-6-12-9(7)10(8)4-1-2-5-10/h7-9,11H,1-6H2. The largest absolute Gasteiger partial charge is 0.392 e. The molecule has 2 nitrogen and oxygen atoms in total. The SMILES string of the molecule is OC1C2CCOC2C12CCCC2. The summed E-state index contributed by atoms with van der Waals surface area (Å²) >= 11 is 0. The van der Waals surface area contributed by atoms with Crippen LogP contribution in [0.1, 0.15) is 32.1 Å². The summed E-state index contributed by atoms with van der Waals surface area (Å²) in [5.41, 5.74) is 0.209. The number of rotatable bonds is 0. The third-order valence-electron chi connectivity index (χ3n) is 4.23. The number of aliphatic hydroxyl groups is 1. The van der Waals surface area contributed by atoms with Crippen molar-refractivity contribution in [1.82, 2.24) is 0 Å². The molecule has 0 bridgehead atoms. The molecule has 68 valence electrons. The van der Waals surface area contributed by atoms with Crippen molar-refractivity contribution in [3.05, 3.63) is 0 Å². The van der Waals surface area contributed by atoms with Gasteiger partial charge < -0.3 is 9.84 Å². The molecule has 3 atom stereocenters. The monoisotopic (exact) mass is 168 g/mol. The fraction of sp³-hybridized carbons (Fsp3) is 1.00. The minimum atomic E-state index is -0.0347. The maximum Gasteiger partial charge on any atom is 0.0709 e. The molecular weight excluding hydrogens is 152 g/mol. The van der Waals surface area contributed by atoms with Crippen LogP contribution in [0, 0.1) is 11.3 Å². The van der Waals surface area contributed by atoms with Crippen LogP contribution in [-0.4, -0.2) is 23.9 Å². The molecule has 0 aromatic carbocycles. The van der Waals surface area contributed by atoms with Crippen LogP contribution in [0.2, 0.25) is 0 Å². The maximum absolute atomic E-state index is 9.99. The number of hydrogen-bond donors (Lipinski definition) is 1. The van der Waals surface area contributed by atoms with E-state index in [0.717, 1.165) is 13.0 Å². The molecule has 1 heterocycles. The summed E-state index contributed by atoms with van der Waals surface area (Å²) in [4.78, 5) is 0. The van der Waals surface area contributed by atoms with Gasteiger partial charge in [0.2, 0.25) is 0 Å². The molecule has 1 N–H and O–H groups in total. The summed E-state index contributed by atoms with van der Waals surface area (Å²) in [6.07, 6.45) is 6.48. The Morgan fingerprint density at radius 3 is 2.75 bits per heavy atom. The zero-order chi connectivity index (χ0) is 8.18. The summed E-state index contributed by atoms with van der Waals surface area (Å²) in [6.45, 7) is 0.883. The molecule has 0 amide bonds. The van der Waals surface area contributed by atoms with Gasteiger partial charge in [0.15, 0.2) is 0 Å². The first kappa shape index (κ1) is 7.34. The van der Waals surface area contributed by atoms with Crippen LogP contribution in [-0.2, 0) is 4.74 Å². The van der Waals surface area contributed by atoms with Crippen molar-refractivity contribution >= 4 is 0 Å². The Labute approximate surface area is 72.9 Å². The predicted octanol–water partition coefficient (Wildman–Crippen LogP) is 1.33. The molecule has 0 aromatic heterocycles. The van der Waals surface area contributed by atoms with Gasteiger partial charge >= 0.3 is 0 Å². The number of aliphatic hydroxyl groups excluding tert-OH is 1. The lowest BCUT2D eigenvalue weighted by atomic mass is 9.56. The number of hydrogen-bond acceptors (Lipinski definition) is 2. The van der Waals surface area contributed by atoms with Crippen LogP contribution >= 0.6 is 0 Å². The molecule has 0 radical (unpaired) electrons. The van der Waals surface area contributed by atoms with E-state index in [0.29, 0.717) is 12.0 Å². The van der Waals surface area contributed by atoms with E-state index < -0.39 is 0 Å². The summed E-state index contributed by atoms with van der Waals surface area (Å²) in [6, 6.07) is 0. The van der Waals surface area contributed by atoms with Crippen molar-refractivity contribution < 1.29 is 9.84 Å². The Morgan fingerprint density at radius 1 is 1.25 bits per heavy atom. The number of fused-ring (bicyclic) bond motifs is 2. The minimum absolute atomic E-state index is 0.0347. The van der Waals surface area contributed by atoms with Crippen LogP contribution in [0.5, 0.6) is 0 Å². The third kappa shape index (κ3) is 0.647. The number of ether oxygens (including phenoxy) is 1. The molecule has 2 aliphatic carbocycles. The highest BCUT2D eigenvalue weighted by Crippen LogP contribution is 2.60. The predicted molar refractivity (Wildman–Crippen MR) is 44.8 cm³/mol. The Balaban J connectivity index is 1.87. The first-order valence-corrected chi connectivity index (χ1v) is 5.14. The van der Waals surface area contributed by atoms with Crippen LogP contribution in [0.4, 0.5) is 0 Å². The van der Waals surface area contributed by atoms with Crippen LogP contribution in [0.25, 0.3) is 0 Å². The first-order valence-electron chi connectivity index (χ1n) is 5.14. The smallest absolute Gasteiger partial charge is 0.0709 e. The molecule has 2 heteroatoms. The lowest BCUT2D eigenvalue weighted by Crippen LogP contribution is -2.61. The Hall–Kier alpha value is -0.0800. The fourth-order valence-electron chi connectivity index (χ4n) is 3.61. The average Bonchev–Trinajstić information content (AvgIpc) is 2.72. The van der Waals surface area contributed by atoms with E-state index in [1.807, 2.05) is 0 Å². The highest BCUT2D eigenvalue weighted by Gasteiger charge is 2.64. The topological polar surface area (TPSA) is 29.5 Å². The summed E-state index contributed by atoms with van der Waals surface area (Å²) in [5.74, 6) is 0.489. The second-order valence-electron chi connectivity index (χ2n) is 4.63. The highest BCUT2D eigenvalue weighted by molar-refractivity contribution is 5.13. The Kier molecular flexibility index (Phi) is 1.37. The second kappa shape index (κ2) is 2.24.